The van der Waals surface area contributed by atoms with Crippen LogP contribution in [0.3, 0.4) is 0 Å². The van der Waals surface area contributed by atoms with Gasteiger partial charge in [0, 0.05) is 31.2 Å². The standard InChI is InChI=1S/C15H22N6/c1-11-9-12(16-3)20-14(19-11)15(2)5-4-8-21(15)10-13-17-6-7-18-13/h6-7,9H,4-5,8,10H2,1-3H3,(H,17,18)(H,16,19,20). The number of imidazole rings is 1. The van der Waals surface area contributed by atoms with E-state index < -0.39 is 0 Å². The van der Waals surface area contributed by atoms with Crippen LogP contribution in [0.25, 0.3) is 0 Å². The van der Waals surface area contributed by atoms with Crippen molar-refractivity contribution in [2.24, 2.45) is 0 Å². The normalized spacial score (nSPS) is 22.6. The largest absolute Gasteiger partial charge is 0.373 e. The number of hydrogen-bond acceptors (Lipinski definition) is 5. The summed E-state index contributed by atoms with van der Waals surface area (Å²) in [6, 6.07) is 1.97. The van der Waals surface area contributed by atoms with Gasteiger partial charge in [0.2, 0.25) is 0 Å². The molecule has 1 aliphatic heterocycles. The summed E-state index contributed by atoms with van der Waals surface area (Å²) in [5.41, 5.74) is 0.861. The first-order valence-corrected chi connectivity index (χ1v) is 7.39. The average Bonchev–Trinajstić information content (AvgIpc) is 3.10. The van der Waals surface area contributed by atoms with Crippen LogP contribution in [0, 0.1) is 6.92 Å². The van der Waals surface area contributed by atoms with E-state index in [4.69, 9.17) is 9.97 Å². The zero-order chi connectivity index (χ0) is 14.9. The second-order valence-corrected chi connectivity index (χ2v) is 5.80. The fourth-order valence-corrected chi connectivity index (χ4v) is 3.03. The van der Waals surface area contributed by atoms with E-state index in [0.29, 0.717) is 0 Å². The number of aryl methyl sites for hydroxylation is 1. The first kappa shape index (κ1) is 14.0. The molecule has 3 rings (SSSR count). The van der Waals surface area contributed by atoms with Gasteiger partial charge in [-0.3, -0.25) is 4.90 Å². The number of anilines is 1. The summed E-state index contributed by atoms with van der Waals surface area (Å²) in [7, 11) is 1.89. The summed E-state index contributed by atoms with van der Waals surface area (Å²) in [5.74, 6) is 2.77. The van der Waals surface area contributed by atoms with E-state index in [9.17, 15) is 0 Å². The third kappa shape index (κ3) is 2.63. The van der Waals surface area contributed by atoms with Crippen LogP contribution in [-0.4, -0.2) is 38.4 Å². The molecule has 1 fully saturated rings. The van der Waals surface area contributed by atoms with Crippen LogP contribution in [0.2, 0.25) is 0 Å². The maximum Gasteiger partial charge on any atom is 0.150 e. The number of likely N-dealkylation sites (tertiary alicyclic amines) is 1. The maximum absolute atomic E-state index is 4.69. The summed E-state index contributed by atoms with van der Waals surface area (Å²) >= 11 is 0. The number of aromatic amines is 1. The fourth-order valence-electron chi connectivity index (χ4n) is 3.03. The number of nitrogens with one attached hydrogen (secondary N) is 2. The molecule has 0 bridgehead atoms. The quantitative estimate of drug-likeness (QED) is 0.900. The molecular weight excluding hydrogens is 264 g/mol. The lowest BCUT2D eigenvalue weighted by atomic mass is 9.97. The number of nitrogens with zero attached hydrogens (tertiary/aromatic N) is 4. The average molecular weight is 286 g/mol. The molecule has 21 heavy (non-hydrogen) atoms. The van der Waals surface area contributed by atoms with Gasteiger partial charge >= 0.3 is 0 Å². The summed E-state index contributed by atoms with van der Waals surface area (Å²) in [6.07, 6.45) is 5.89. The van der Waals surface area contributed by atoms with Crippen LogP contribution >= 0.6 is 0 Å². The van der Waals surface area contributed by atoms with Gasteiger partial charge in [-0.25, -0.2) is 15.0 Å². The monoisotopic (exact) mass is 286 g/mol. The van der Waals surface area contributed by atoms with Crippen molar-refractivity contribution < 1.29 is 0 Å². The summed E-state index contributed by atoms with van der Waals surface area (Å²) < 4.78 is 0. The molecule has 6 heteroatoms. The van der Waals surface area contributed by atoms with Crippen molar-refractivity contribution in [2.75, 3.05) is 18.9 Å². The Labute approximate surface area is 125 Å². The third-order valence-corrected chi connectivity index (χ3v) is 4.28. The van der Waals surface area contributed by atoms with Crippen molar-refractivity contribution in [2.45, 2.75) is 38.8 Å². The minimum atomic E-state index is -0.135. The summed E-state index contributed by atoms with van der Waals surface area (Å²) in [5, 5.41) is 3.12. The second-order valence-electron chi connectivity index (χ2n) is 5.80. The molecule has 2 aromatic heterocycles. The molecule has 2 N–H and O–H groups in total. The summed E-state index contributed by atoms with van der Waals surface area (Å²) in [6.45, 7) is 6.09. The van der Waals surface area contributed by atoms with Crippen molar-refractivity contribution >= 4 is 5.82 Å². The molecule has 3 heterocycles. The lowest BCUT2D eigenvalue weighted by molar-refractivity contribution is 0.134. The lowest BCUT2D eigenvalue weighted by Gasteiger charge is -2.33. The van der Waals surface area contributed by atoms with Crippen molar-refractivity contribution in [3.05, 3.63) is 35.8 Å². The smallest absolute Gasteiger partial charge is 0.150 e. The Morgan fingerprint density at radius 3 is 3.00 bits per heavy atom. The minimum absolute atomic E-state index is 0.135. The first-order valence-electron chi connectivity index (χ1n) is 7.39. The van der Waals surface area contributed by atoms with Gasteiger partial charge in [0.05, 0.1) is 12.1 Å². The molecular formula is C15H22N6. The maximum atomic E-state index is 4.69. The zero-order valence-electron chi connectivity index (χ0n) is 12.8. The zero-order valence-corrected chi connectivity index (χ0v) is 12.8. The minimum Gasteiger partial charge on any atom is -0.373 e. The topological polar surface area (TPSA) is 69.7 Å². The van der Waals surface area contributed by atoms with E-state index in [1.807, 2.05) is 26.2 Å². The molecule has 1 saturated heterocycles. The van der Waals surface area contributed by atoms with Crippen LogP contribution in [0.1, 0.15) is 37.1 Å². The molecule has 1 aliphatic rings. The predicted molar refractivity (Wildman–Crippen MR) is 81.9 cm³/mol. The van der Waals surface area contributed by atoms with Crippen LogP contribution < -0.4 is 5.32 Å². The second kappa shape index (κ2) is 5.44. The number of rotatable bonds is 4. The molecule has 2 aromatic rings. The van der Waals surface area contributed by atoms with Gasteiger partial charge in [0.15, 0.2) is 5.82 Å². The number of aromatic nitrogens is 4. The Morgan fingerprint density at radius 1 is 1.43 bits per heavy atom. The highest BCUT2D eigenvalue weighted by Gasteiger charge is 2.41. The molecule has 1 atom stereocenters. The molecule has 0 aromatic carbocycles. The fraction of sp³-hybridized carbons (Fsp3) is 0.533. The predicted octanol–water partition coefficient (Wildman–Crippen LogP) is 2.06. The van der Waals surface area contributed by atoms with Crippen LogP contribution in [0.15, 0.2) is 18.5 Å². The number of hydrogen-bond donors (Lipinski definition) is 2. The molecule has 6 nitrogen and oxygen atoms in total. The molecule has 0 radical (unpaired) electrons. The molecule has 0 spiro atoms. The first-order chi connectivity index (χ1) is 10.1. The van der Waals surface area contributed by atoms with Crippen LogP contribution in [-0.2, 0) is 12.1 Å². The van der Waals surface area contributed by atoms with E-state index in [0.717, 1.165) is 49.1 Å². The highest BCUT2D eigenvalue weighted by molar-refractivity contribution is 5.36. The molecule has 0 saturated carbocycles. The van der Waals surface area contributed by atoms with Gasteiger partial charge in [-0.05, 0) is 33.2 Å². The van der Waals surface area contributed by atoms with Crippen molar-refractivity contribution in [3.8, 4) is 0 Å². The Bertz CT molecular complexity index is 609. The SMILES string of the molecule is CNc1cc(C)nc(C2(C)CCCN2Cc2ncc[nH]2)n1. The molecule has 112 valence electrons. The van der Waals surface area contributed by atoms with Gasteiger partial charge in [-0.1, -0.05) is 0 Å². The highest BCUT2D eigenvalue weighted by atomic mass is 15.3. The van der Waals surface area contributed by atoms with Crippen molar-refractivity contribution in [3.63, 3.8) is 0 Å². The lowest BCUT2D eigenvalue weighted by Crippen LogP contribution is -2.40. The third-order valence-electron chi connectivity index (χ3n) is 4.28. The highest BCUT2D eigenvalue weighted by Crippen LogP contribution is 2.37. The Kier molecular flexibility index (Phi) is 3.63. The van der Waals surface area contributed by atoms with E-state index in [1.165, 1.54) is 0 Å². The van der Waals surface area contributed by atoms with E-state index >= 15 is 0 Å². The summed E-state index contributed by atoms with van der Waals surface area (Å²) in [4.78, 5) is 19.3. The van der Waals surface area contributed by atoms with E-state index in [2.05, 4.69) is 27.1 Å². The van der Waals surface area contributed by atoms with E-state index in [-0.39, 0.29) is 5.54 Å². The Balaban J connectivity index is 1.92. The van der Waals surface area contributed by atoms with E-state index in [1.54, 1.807) is 6.20 Å². The van der Waals surface area contributed by atoms with Gasteiger partial charge < -0.3 is 10.3 Å². The molecule has 1 unspecified atom stereocenters. The molecule has 0 aliphatic carbocycles. The Hall–Kier alpha value is -1.95. The van der Waals surface area contributed by atoms with Gasteiger partial charge in [-0.15, -0.1) is 0 Å². The van der Waals surface area contributed by atoms with Crippen molar-refractivity contribution in [1.29, 1.82) is 0 Å². The number of H-pyrrole nitrogens is 1. The Morgan fingerprint density at radius 2 is 2.29 bits per heavy atom. The van der Waals surface area contributed by atoms with Gasteiger partial charge in [-0.2, -0.15) is 0 Å². The van der Waals surface area contributed by atoms with Gasteiger partial charge in [0.25, 0.3) is 0 Å². The molecule has 0 amide bonds. The van der Waals surface area contributed by atoms with Gasteiger partial charge in [0.1, 0.15) is 11.6 Å². The van der Waals surface area contributed by atoms with Crippen LogP contribution in [0.5, 0.6) is 0 Å². The van der Waals surface area contributed by atoms with Crippen molar-refractivity contribution in [1.82, 2.24) is 24.8 Å². The van der Waals surface area contributed by atoms with Crippen LogP contribution in [0.4, 0.5) is 5.82 Å².